The first-order valence-corrected chi connectivity index (χ1v) is 7.72. The first-order valence-electron chi connectivity index (χ1n) is 7.72. The van der Waals surface area contributed by atoms with Crippen molar-refractivity contribution in [2.75, 3.05) is 37.6 Å². The molecule has 1 aromatic carbocycles. The number of hydrogen-bond acceptors (Lipinski definition) is 2. The highest BCUT2D eigenvalue weighted by Crippen LogP contribution is 2.14. The van der Waals surface area contributed by atoms with Crippen molar-refractivity contribution in [3.05, 3.63) is 30.1 Å². The number of quaternary nitrogens is 1. The van der Waals surface area contributed by atoms with Crippen LogP contribution in [0.5, 0.6) is 0 Å². The number of carbonyl (C=O) groups excluding carboxylic acids is 1. The molecule has 1 fully saturated rings. The lowest BCUT2D eigenvalue weighted by Crippen LogP contribution is -3.16. The first-order chi connectivity index (χ1) is 10.1. The van der Waals surface area contributed by atoms with Crippen LogP contribution >= 0.6 is 0 Å². The van der Waals surface area contributed by atoms with Gasteiger partial charge in [-0.25, -0.2) is 4.39 Å². The van der Waals surface area contributed by atoms with Gasteiger partial charge in [-0.3, -0.25) is 4.79 Å². The molecule has 116 valence electrons. The highest BCUT2D eigenvalue weighted by atomic mass is 19.1. The molecule has 1 aliphatic rings. The van der Waals surface area contributed by atoms with Crippen LogP contribution in [0, 0.1) is 5.82 Å². The van der Waals surface area contributed by atoms with E-state index in [-0.39, 0.29) is 17.8 Å². The summed E-state index contributed by atoms with van der Waals surface area (Å²) in [5.41, 5.74) is 1.06. The number of benzene rings is 1. The van der Waals surface area contributed by atoms with E-state index in [0.29, 0.717) is 6.54 Å². The third-order valence-electron chi connectivity index (χ3n) is 4.09. The number of amides is 1. The molecule has 5 heteroatoms. The van der Waals surface area contributed by atoms with Crippen LogP contribution in [0.3, 0.4) is 0 Å². The summed E-state index contributed by atoms with van der Waals surface area (Å²) in [6.45, 7) is 8.31. The summed E-state index contributed by atoms with van der Waals surface area (Å²) in [4.78, 5) is 15.4. The van der Waals surface area contributed by atoms with E-state index in [1.165, 1.54) is 17.0 Å². The van der Waals surface area contributed by atoms with Gasteiger partial charge in [0.15, 0.2) is 6.54 Å². The third kappa shape index (κ3) is 4.70. The number of piperazine rings is 1. The fraction of sp³-hybridized carbons (Fsp3) is 0.562. The molecule has 1 amide bonds. The summed E-state index contributed by atoms with van der Waals surface area (Å²) < 4.78 is 12.9. The molecular formula is C16H25FN3O+. The highest BCUT2D eigenvalue weighted by Gasteiger charge is 2.22. The second-order valence-electron chi connectivity index (χ2n) is 5.77. The molecule has 2 N–H and O–H groups in total. The predicted octanol–water partition coefficient (Wildman–Crippen LogP) is 0.445. The standard InChI is InChI=1S/C16H24FN3O/c1-3-13(2)18-16(21)12-19-8-10-20(11-9-19)15-6-4-14(17)5-7-15/h4-7,13H,3,8-12H2,1-2H3,(H,18,21)/p+1/t13-/m1/s1. The van der Waals surface area contributed by atoms with Crippen LogP contribution in [0.2, 0.25) is 0 Å². The van der Waals surface area contributed by atoms with Gasteiger partial charge in [-0.15, -0.1) is 0 Å². The number of nitrogens with zero attached hydrogens (tertiary/aromatic N) is 1. The molecule has 21 heavy (non-hydrogen) atoms. The van der Waals surface area contributed by atoms with Crippen LogP contribution in [0.1, 0.15) is 20.3 Å². The van der Waals surface area contributed by atoms with Crippen LogP contribution in [0.25, 0.3) is 0 Å². The van der Waals surface area contributed by atoms with Gasteiger partial charge in [0, 0.05) is 11.7 Å². The second kappa shape index (κ2) is 7.41. The van der Waals surface area contributed by atoms with Crippen molar-refractivity contribution in [1.82, 2.24) is 5.32 Å². The van der Waals surface area contributed by atoms with Crippen LogP contribution in [-0.4, -0.2) is 44.7 Å². The Morgan fingerprint density at radius 3 is 2.52 bits per heavy atom. The van der Waals surface area contributed by atoms with Gasteiger partial charge in [0.05, 0.1) is 26.2 Å². The maximum absolute atomic E-state index is 12.9. The number of hydrogen-bond donors (Lipinski definition) is 2. The summed E-state index contributed by atoms with van der Waals surface area (Å²) in [5.74, 6) is -0.0701. The molecule has 0 saturated carbocycles. The Morgan fingerprint density at radius 1 is 1.33 bits per heavy atom. The monoisotopic (exact) mass is 294 g/mol. The molecule has 0 radical (unpaired) electrons. The van der Waals surface area contributed by atoms with Gasteiger partial charge in [0.1, 0.15) is 5.82 Å². The number of carbonyl (C=O) groups is 1. The molecule has 1 aliphatic heterocycles. The molecule has 1 heterocycles. The van der Waals surface area contributed by atoms with Gasteiger partial charge in [-0.05, 0) is 37.6 Å². The first kappa shape index (κ1) is 15.8. The summed E-state index contributed by atoms with van der Waals surface area (Å²) in [7, 11) is 0. The number of nitrogens with one attached hydrogen (secondary N) is 2. The minimum Gasteiger partial charge on any atom is -0.360 e. The molecule has 0 unspecified atom stereocenters. The van der Waals surface area contributed by atoms with Crippen LogP contribution < -0.4 is 15.1 Å². The van der Waals surface area contributed by atoms with Crippen molar-refractivity contribution in [2.45, 2.75) is 26.3 Å². The molecule has 0 bridgehead atoms. The normalized spacial score (nSPS) is 17.6. The van der Waals surface area contributed by atoms with Crippen LogP contribution in [0.4, 0.5) is 10.1 Å². The Balaban J connectivity index is 1.78. The van der Waals surface area contributed by atoms with Gasteiger partial charge in [0.2, 0.25) is 0 Å². The highest BCUT2D eigenvalue weighted by molar-refractivity contribution is 5.77. The third-order valence-corrected chi connectivity index (χ3v) is 4.09. The topological polar surface area (TPSA) is 36.8 Å². The van der Waals surface area contributed by atoms with Crippen molar-refractivity contribution in [3.63, 3.8) is 0 Å². The van der Waals surface area contributed by atoms with Crippen molar-refractivity contribution in [2.24, 2.45) is 0 Å². The van der Waals surface area contributed by atoms with E-state index in [0.717, 1.165) is 38.3 Å². The maximum atomic E-state index is 12.9. The van der Waals surface area contributed by atoms with Crippen molar-refractivity contribution in [1.29, 1.82) is 0 Å². The number of rotatable bonds is 5. The van der Waals surface area contributed by atoms with E-state index in [4.69, 9.17) is 0 Å². The Hall–Kier alpha value is -1.62. The molecule has 1 aromatic rings. The quantitative estimate of drug-likeness (QED) is 0.827. The van der Waals surface area contributed by atoms with E-state index in [9.17, 15) is 9.18 Å². The summed E-state index contributed by atoms with van der Waals surface area (Å²) in [6, 6.07) is 6.87. The molecule has 0 spiro atoms. The molecule has 2 rings (SSSR count). The minimum atomic E-state index is -0.204. The average molecular weight is 294 g/mol. The Labute approximate surface area is 125 Å². The number of halogens is 1. The Bertz CT molecular complexity index is 455. The van der Waals surface area contributed by atoms with Gasteiger partial charge in [-0.2, -0.15) is 0 Å². The summed E-state index contributed by atoms with van der Waals surface area (Å²) in [5, 5.41) is 3.01. The van der Waals surface area contributed by atoms with E-state index in [2.05, 4.69) is 17.1 Å². The smallest absolute Gasteiger partial charge is 0.275 e. The molecule has 0 aliphatic carbocycles. The predicted molar refractivity (Wildman–Crippen MR) is 82.1 cm³/mol. The molecular weight excluding hydrogens is 269 g/mol. The Kier molecular flexibility index (Phi) is 5.56. The van der Waals surface area contributed by atoms with Crippen LogP contribution in [-0.2, 0) is 4.79 Å². The van der Waals surface area contributed by atoms with Gasteiger partial charge in [-0.1, -0.05) is 6.92 Å². The zero-order valence-corrected chi connectivity index (χ0v) is 12.9. The minimum absolute atomic E-state index is 0.134. The van der Waals surface area contributed by atoms with E-state index in [1.807, 2.05) is 19.1 Å². The summed E-state index contributed by atoms with van der Waals surface area (Å²) >= 11 is 0. The maximum Gasteiger partial charge on any atom is 0.275 e. The zero-order chi connectivity index (χ0) is 15.2. The Morgan fingerprint density at radius 2 is 1.95 bits per heavy atom. The van der Waals surface area contributed by atoms with Crippen molar-refractivity contribution >= 4 is 11.6 Å². The lowest BCUT2D eigenvalue weighted by atomic mass is 10.2. The number of anilines is 1. The fourth-order valence-electron chi connectivity index (χ4n) is 2.56. The van der Waals surface area contributed by atoms with Gasteiger partial charge >= 0.3 is 0 Å². The van der Waals surface area contributed by atoms with Crippen LogP contribution in [0.15, 0.2) is 24.3 Å². The molecule has 0 aromatic heterocycles. The lowest BCUT2D eigenvalue weighted by molar-refractivity contribution is -0.892. The zero-order valence-electron chi connectivity index (χ0n) is 12.9. The summed E-state index contributed by atoms with van der Waals surface area (Å²) in [6.07, 6.45) is 0.958. The van der Waals surface area contributed by atoms with Gasteiger partial charge < -0.3 is 15.1 Å². The van der Waals surface area contributed by atoms with Crippen molar-refractivity contribution < 1.29 is 14.1 Å². The van der Waals surface area contributed by atoms with E-state index < -0.39 is 0 Å². The molecule has 1 atom stereocenters. The lowest BCUT2D eigenvalue weighted by Gasteiger charge is -2.33. The van der Waals surface area contributed by atoms with E-state index >= 15 is 0 Å². The van der Waals surface area contributed by atoms with Crippen molar-refractivity contribution in [3.8, 4) is 0 Å². The molecule has 1 saturated heterocycles. The molecule has 4 nitrogen and oxygen atoms in total. The fourth-order valence-corrected chi connectivity index (χ4v) is 2.56. The average Bonchev–Trinajstić information content (AvgIpc) is 2.48. The van der Waals surface area contributed by atoms with E-state index in [1.54, 1.807) is 0 Å². The second-order valence-corrected chi connectivity index (χ2v) is 5.77. The van der Waals surface area contributed by atoms with Gasteiger partial charge in [0.25, 0.3) is 5.91 Å². The largest absolute Gasteiger partial charge is 0.360 e. The SMILES string of the molecule is CC[C@@H](C)NC(=O)C[NH+]1CCN(c2ccc(F)cc2)CC1.